The van der Waals surface area contributed by atoms with Crippen LogP contribution in [0.15, 0.2) is 24.3 Å². The Morgan fingerprint density at radius 1 is 1.15 bits per heavy atom. The predicted octanol–water partition coefficient (Wildman–Crippen LogP) is 0.698. The SMILES string of the molecule is COC1(OC)C=C(c2cccc(N)c2N)CC(O)(O)C1. The van der Waals surface area contributed by atoms with Crippen molar-refractivity contribution in [3.8, 4) is 0 Å². The quantitative estimate of drug-likeness (QED) is 0.479. The van der Waals surface area contributed by atoms with Crippen molar-refractivity contribution in [3.63, 3.8) is 0 Å². The molecule has 0 unspecified atom stereocenters. The van der Waals surface area contributed by atoms with Crippen molar-refractivity contribution >= 4 is 16.9 Å². The van der Waals surface area contributed by atoms with E-state index in [0.29, 0.717) is 22.5 Å². The Labute approximate surface area is 117 Å². The van der Waals surface area contributed by atoms with Gasteiger partial charge in [-0.1, -0.05) is 12.1 Å². The first-order chi connectivity index (χ1) is 9.32. The highest BCUT2D eigenvalue weighted by molar-refractivity contribution is 5.83. The van der Waals surface area contributed by atoms with Crippen LogP contribution in [0.4, 0.5) is 11.4 Å². The minimum Gasteiger partial charge on any atom is -0.397 e. The van der Waals surface area contributed by atoms with Gasteiger partial charge in [-0.2, -0.15) is 0 Å². The van der Waals surface area contributed by atoms with Crippen LogP contribution >= 0.6 is 0 Å². The number of nitrogens with two attached hydrogens (primary N) is 2. The van der Waals surface area contributed by atoms with Gasteiger partial charge in [-0.05, 0) is 17.7 Å². The largest absolute Gasteiger partial charge is 0.397 e. The molecule has 0 fully saturated rings. The summed E-state index contributed by atoms with van der Waals surface area (Å²) in [5.74, 6) is -3.14. The van der Waals surface area contributed by atoms with Gasteiger partial charge in [0.15, 0.2) is 11.6 Å². The number of para-hydroxylation sites is 1. The highest BCUT2D eigenvalue weighted by Gasteiger charge is 2.43. The molecule has 0 heterocycles. The molecule has 0 atom stereocenters. The van der Waals surface area contributed by atoms with Gasteiger partial charge in [0.05, 0.1) is 17.8 Å². The second kappa shape index (κ2) is 5.06. The zero-order valence-corrected chi connectivity index (χ0v) is 11.6. The van der Waals surface area contributed by atoms with Crippen molar-refractivity contribution in [2.45, 2.75) is 24.4 Å². The highest BCUT2D eigenvalue weighted by Crippen LogP contribution is 2.41. The van der Waals surface area contributed by atoms with Crippen molar-refractivity contribution in [2.75, 3.05) is 25.7 Å². The van der Waals surface area contributed by atoms with Crippen LogP contribution in [-0.2, 0) is 9.47 Å². The number of anilines is 2. The maximum atomic E-state index is 10.0. The lowest BCUT2D eigenvalue weighted by molar-refractivity contribution is -0.257. The Kier molecular flexibility index (Phi) is 3.75. The van der Waals surface area contributed by atoms with E-state index >= 15 is 0 Å². The lowest BCUT2D eigenvalue weighted by Gasteiger charge is -2.39. The van der Waals surface area contributed by atoms with E-state index in [4.69, 9.17) is 20.9 Å². The van der Waals surface area contributed by atoms with Crippen LogP contribution in [0, 0.1) is 0 Å². The van der Waals surface area contributed by atoms with Crippen molar-refractivity contribution in [2.24, 2.45) is 0 Å². The lowest BCUT2D eigenvalue weighted by atomic mass is 9.85. The third kappa shape index (κ3) is 2.64. The van der Waals surface area contributed by atoms with Crippen LogP contribution in [0.2, 0.25) is 0 Å². The number of hydrogen-bond acceptors (Lipinski definition) is 6. The fraction of sp³-hybridized carbons (Fsp3) is 0.429. The summed E-state index contributed by atoms with van der Waals surface area (Å²) in [6.45, 7) is 0. The third-order valence-electron chi connectivity index (χ3n) is 3.57. The first-order valence-electron chi connectivity index (χ1n) is 6.23. The Hall–Kier alpha value is -1.60. The van der Waals surface area contributed by atoms with Crippen molar-refractivity contribution in [3.05, 3.63) is 29.8 Å². The van der Waals surface area contributed by atoms with Gasteiger partial charge in [0.1, 0.15) is 0 Å². The summed E-state index contributed by atoms with van der Waals surface area (Å²) in [7, 11) is 2.89. The van der Waals surface area contributed by atoms with Gasteiger partial charge in [0, 0.05) is 26.2 Å². The van der Waals surface area contributed by atoms with Crippen LogP contribution in [0.3, 0.4) is 0 Å². The molecule has 0 bridgehead atoms. The van der Waals surface area contributed by atoms with Crippen molar-refractivity contribution in [1.82, 2.24) is 0 Å². The lowest BCUT2D eigenvalue weighted by Crippen LogP contribution is -2.46. The summed E-state index contributed by atoms with van der Waals surface area (Å²) < 4.78 is 10.6. The molecule has 6 N–H and O–H groups in total. The van der Waals surface area contributed by atoms with Crippen LogP contribution in [0.25, 0.3) is 5.57 Å². The first-order valence-corrected chi connectivity index (χ1v) is 6.23. The van der Waals surface area contributed by atoms with Gasteiger partial charge in [0.2, 0.25) is 0 Å². The molecule has 0 amide bonds. The van der Waals surface area contributed by atoms with Crippen LogP contribution in [-0.4, -0.2) is 36.0 Å². The molecule has 0 spiro atoms. The van der Waals surface area contributed by atoms with Gasteiger partial charge in [-0.25, -0.2) is 0 Å². The Balaban J connectivity index is 2.54. The van der Waals surface area contributed by atoms with E-state index in [1.165, 1.54) is 14.2 Å². The molecule has 1 aromatic rings. The topological polar surface area (TPSA) is 111 Å². The molecular formula is C14H20N2O4. The summed E-state index contributed by atoms with van der Waals surface area (Å²) in [6.07, 6.45) is 1.65. The number of aliphatic hydroxyl groups is 2. The number of benzene rings is 1. The monoisotopic (exact) mass is 280 g/mol. The molecule has 0 aromatic heterocycles. The second-order valence-electron chi connectivity index (χ2n) is 5.03. The minimum absolute atomic E-state index is 0.0229. The van der Waals surface area contributed by atoms with Gasteiger partial charge >= 0.3 is 0 Å². The van der Waals surface area contributed by atoms with E-state index in [1.807, 2.05) is 0 Å². The smallest absolute Gasteiger partial charge is 0.192 e. The Bertz CT molecular complexity index is 536. The molecule has 0 radical (unpaired) electrons. The molecule has 1 aliphatic carbocycles. The number of methoxy groups -OCH3 is 2. The average molecular weight is 280 g/mol. The fourth-order valence-electron chi connectivity index (χ4n) is 2.51. The van der Waals surface area contributed by atoms with E-state index in [0.717, 1.165) is 0 Å². The third-order valence-corrected chi connectivity index (χ3v) is 3.57. The van der Waals surface area contributed by atoms with E-state index in [1.54, 1.807) is 24.3 Å². The molecule has 6 nitrogen and oxygen atoms in total. The molecule has 0 saturated carbocycles. The van der Waals surface area contributed by atoms with Crippen LogP contribution in [0.5, 0.6) is 0 Å². The van der Waals surface area contributed by atoms with E-state index < -0.39 is 11.6 Å². The fourth-order valence-corrected chi connectivity index (χ4v) is 2.51. The van der Waals surface area contributed by atoms with E-state index in [2.05, 4.69) is 0 Å². The summed E-state index contributed by atoms with van der Waals surface area (Å²) in [6, 6.07) is 5.22. The van der Waals surface area contributed by atoms with Crippen molar-refractivity contribution < 1.29 is 19.7 Å². The number of rotatable bonds is 3. The predicted molar refractivity (Wildman–Crippen MR) is 76.4 cm³/mol. The number of hydrogen-bond donors (Lipinski definition) is 4. The Morgan fingerprint density at radius 3 is 2.40 bits per heavy atom. The maximum absolute atomic E-state index is 10.0. The molecule has 20 heavy (non-hydrogen) atoms. The average Bonchev–Trinajstić information content (AvgIpc) is 2.40. The Morgan fingerprint density at radius 2 is 1.80 bits per heavy atom. The molecule has 110 valence electrons. The number of ether oxygens (including phenoxy) is 2. The maximum Gasteiger partial charge on any atom is 0.192 e. The summed E-state index contributed by atoms with van der Waals surface area (Å²) in [5.41, 5.74) is 13.9. The summed E-state index contributed by atoms with van der Waals surface area (Å²) >= 11 is 0. The van der Waals surface area contributed by atoms with Gasteiger partial charge in [-0.3, -0.25) is 0 Å². The van der Waals surface area contributed by atoms with E-state index in [9.17, 15) is 10.2 Å². The van der Waals surface area contributed by atoms with Crippen LogP contribution in [0.1, 0.15) is 18.4 Å². The minimum atomic E-state index is -1.94. The normalized spacial score (nSPS) is 20.5. The van der Waals surface area contributed by atoms with Crippen LogP contribution < -0.4 is 11.5 Å². The molecule has 1 aromatic carbocycles. The summed E-state index contributed by atoms with van der Waals surface area (Å²) in [4.78, 5) is 0. The standard InChI is InChI=1S/C14H20N2O4/c1-19-14(20-2)7-9(6-13(17,18)8-14)10-4-3-5-11(15)12(10)16/h3-5,7,17-18H,6,8,15-16H2,1-2H3. The van der Waals surface area contributed by atoms with Gasteiger partial charge in [-0.15, -0.1) is 0 Å². The number of nitrogen functional groups attached to an aromatic ring is 2. The van der Waals surface area contributed by atoms with Gasteiger partial charge in [0.25, 0.3) is 0 Å². The first kappa shape index (κ1) is 14.8. The highest BCUT2D eigenvalue weighted by atomic mass is 16.7. The van der Waals surface area contributed by atoms with E-state index in [-0.39, 0.29) is 12.8 Å². The molecule has 0 aliphatic heterocycles. The molecule has 6 heteroatoms. The zero-order chi connectivity index (χ0) is 15.0. The molecule has 2 rings (SSSR count). The molecular weight excluding hydrogens is 260 g/mol. The van der Waals surface area contributed by atoms with Crippen molar-refractivity contribution in [1.29, 1.82) is 0 Å². The molecule has 1 aliphatic rings. The second-order valence-corrected chi connectivity index (χ2v) is 5.03. The molecule has 0 saturated heterocycles. The zero-order valence-electron chi connectivity index (χ0n) is 11.6. The summed E-state index contributed by atoms with van der Waals surface area (Å²) in [5, 5.41) is 20.1. The van der Waals surface area contributed by atoms with Gasteiger partial charge < -0.3 is 31.2 Å².